The van der Waals surface area contributed by atoms with E-state index in [1.165, 1.54) is 10.5 Å². The second kappa shape index (κ2) is 7.71. The molecule has 0 radical (unpaired) electrons. The first-order valence-corrected chi connectivity index (χ1v) is 6.66. The number of benzene rings is 1. The highest BCUT2D eigenvalue weighted by Crippen LogP contribution is 2.19. The van der Waals surface area contributed by atoms with Gasteiger partial charge in [-0.1, -0.05) is 24.6 Å². The molecule has 0 aliphatic rings. The van der Waals surface area contributed by atoms with Crippen LogP contribution in [0.4, 0.5) is 0 Å². The van der Waals surface area contributed by atoms with E-state index < -0.39 is 0 Å². The Morgan fingerprint density at radius 3 is 2.94 bits per heavy atom. The van der Waals surface area contributed by atoms with Crippen molar-refractivity contribution < 1.29 is 9.84 Å². The Hall–Kier alpha value is -0.510. The summed E-state index contributed by atoms with van der Waals surface area (Å²) in [5.74, 6) is 0.688. The van der Waals surface area contributed by atoms with E-state index in [9.17, 15) is 5.11 Å². The van der Waals surface area contributed by atoms with Gasteiger partial charge in [0.2, 0.25) is 0 Å². The molecule has 1 atom stereocenters. The topological polar surface area (TPSA) is 29.5 Å². The molecule has 0 spiro atoms. The Bertz CT molecular complexity index is 302. The summed E-state index contributed by atoms with van der Waals surface area (Å²) in [5, 5.41) is 9.66. The first-order chi connectivity index (χ1) is 7.72. The lowest BCUT2D eigenvalue weighted by atomic mass is 10.2. The Morgan fingerprint density at radius 2 is 2.25 bits per heavy atom. The SMILES string of the molecule is CCCOCC(O)CSc1cccc(C)c1. The van der Waals surface area contributed by atoms with Crippen molar-refractivity contribution in [2.24, 2.45) is 0 Å². The molecule has 0 aromatic heterocycles. The molecule has 1 N–H and O–H groups in total. The van der Waals surface area contributed by atoms with Gasteiger partial charge in [-0.15, -0.1) is 11.8 Å². The van der Waals surface area contributed by atoms with Gasteiger partial charge in [0.05, 0.1) is 12.7 Å². The molecule has 1 rings (SSSR count). The lowest BCUT2D eigenvalue weighted by molar-refractivity contribution is 0.0489. The van der Waals surface area contributed by atoms with Crippen LogP contribution in [-0.4, -0.2) is 30.2 Å². The third-order valence-corrected chi connectivity index (χ3v) is 3.23. The summed E-state index contributed by atoms with van der Waals surface area (Å²) in [6, 6.07) is 8.31. The van der Waals surface area contributed by atoms with Gasteiger partial charge in [-0.05, 0) is 25.5 Å². The van der Waals surface area contributed by atoms with Gasteiger partial charge in [0, 0.05) is 17.3 Å². The Kier molecular flexibility index (Phi) is 6.53. The number of rotatable bonds is 7. The molecule has 0 saturated heterocycles. The predicted molar refractivity (Wildman–Crippen MR) is 69.0 cm³/mol. The van der Waals surface area contributed by atoms with Gasteiger partial charge >= 0.3 is 0 Å². The normalized spacial score (nSPS) is 12.7. The molecular formula is C13H20O2S. The number of aryl methyl sites for hydroxylation is 1. The third-order valence-electron chi connectivity index (χ3n) is 2.09. The van der Waals surface area contributed by atoms with Crippen LogP contribution in [0.5, 0.6) is 0 Å². The quantitative estimate of drug-likeness (QED) is 0.587. The summed E-state index contributed by atoms with van der Waals surface area (Å²) in [6.45, 7) is 5.30. The van der Waals surface area contributed by atoms with Gasteiger partial charge in [0.1, 0.15) is 0 Å². The largest absolute Gasteiger partial charge is 0.390 e. The van der Waals surface area contributed by atoms with Crippen LogP contribution in [0.25, 0.3) is 0 Å². The fraction of sp³-hybridized carbons (Fsp3) is 0.538. The van der Waals surface area contributed by atoms with Gasteiger partial charge in [-0.2, -0.15) is 0 Å². The number of hydrogen-bond acceptors (Lipinski definition) is 3. The van der Waals surface area contributed by atoms with E-state index in [0.29, 0.717) is 12.4 Å². The molecule has 16 heavy (non-hydrogen) atoms. The molecule has 1 aromatic carbocycles. The Labute approximate surface area is 102 Å². The second-order valence-electron chi connectivity index (χ2n) is 3.86. The van der Waals surface area contributed by atoms with Crippen LogP contribution in [0.2, 0.25) is 0 Å². The van der Waals surface area contributed by atoms with Gasteiger partial charge in [-0.3, -0.25) is 0 Å². The van der Waals surface area contributed by atoms with Crippen LogP contribution in [-0.2, 0) is 4.74 Å². The summed E-state index contributed by atoms with van der Waals surface area (Å²) in [5.41, 5.74) is 1.25. The van der Waals surface area contributed by atoms with Crippen molar-refractivity contribution >= 4 is 11.8 Å². The van der Waals surface area contributed by atoms with Gasteiger partial charge in [0.25, 0.3) is 0 Å². The van der Waals surface area contributed by atoms with Crippen molar-refractivity contribution in [2.75, 3.05) is 19.0 Å². The van der Waals surface area contributed by atoms with E-state index in [0.717, 1.165) is 13.0 Å². The molecule has 3 heteroatoms. The summed E-state index contributed by atoms with van der Waals surface area (Å²) in [6.07, 6.45) is 0.620. The summed E-state index contributed by atoms with van der Waals surface area (Å²) >= 11 is 1.67. The van der Waals surface area contributed by atoms with Crippen molar-refractivity contribution in [3.63, 3.8) is 0 Å². The number of thioether (sulfide) groups is 1. The third kappa shape index (κ3) is 5.54. The van der Waals surface area contributed by atoms with Crippen molar-refractivity contribution in [3.05, 3.63) is 29.8 Å². The maximum absolute atomic E-state index is 9.66. The smallest absolute Gasteiger partial charge is 0.0867 e. The molecule has 90 valence electrons. The fourth-order valence-corrected chi connectivity index (χ4v) is 2.23. The zero-order valence-electron chi connectivity index (χ0n) is 9.98. The Morgan fingerprint density at radius 1 is 1.44 bits per heavy atom. The van der Waals surface area contributed by atoms with E-state index in [4.69, 9.17) is 4.74 Å². The average molecular weight is 240 g/mol. The fourth-order valence-electron chi connectivity index (χ4n) is 1.31. The summed E-state index contributed by atoms with van der Waals surface area (Å²) in [4.78, 5) is 1.20. The summed E-state index contributed by atoms with van der Waals surface area (Å²) in [7, 11) is 0. The molecule has 1 unspecified atom stereocenters. The van der Waals surface area contributed by atoms with Crippen LogP contribution in [0.3, 0.4) is 0 Å². The maximum Gasteiger partial charge on any atom is 0.0867 e. The lowest BCUT2D eigenvalue weighted by Crippen LogP contribution is -2.18. The molecular weight excluding hydrogens is 220 g/mol. The maximum atomic E-state index is 9.66. The molecule has 1 aromatic rings. The second-order valence-corrected chi connectivity index (χ2v) is 4.95. The number of hydrogen-bond donors (Lipinski definition) is 1. The molecule has 0 heterocycles. The van der Waals surface area contributed by atoms with Crippen LogP contribution in [0.15, 0.2) is 29.2 Å². The molecule has 0 aliphatic heterocycles. The first-order valence-electron chi connectivity index (χ1n) is 5.67. The highest BCUT2D eigenvalue weighted by molar-refractivity contribution is 7.99. The molecule has 0 saturated carbocycles. The molecule has 0 aliphatic carbocycles. The predicted octanol–water partition coefficient (Wildman–Crippen LogP) is 2.87. The van der Waals surface area contributed by atoms with Crippen LogP contribution >= 0.6 is 11.8 Å². The van der Waals surface area contributed by atoms with E-state index in [1.807, 2.05) is 6.07 Å². The van der Waals surface area contributed by atoms with E-state index in [2.05, 4.69) is 32.0 Å². The molecule has 0 amide bonds. The zero-order chi connectivity index (χ0) is 11.8. The minimum Gasteiger partial charge on any atom is -0.390 e. The highest BCUT2D eigenvalue weighted by atomic mass is 32.2. The minimum atomic E-state index is -0.378. The lowest BCUT2D eigenvalue weighted by Gasteiger charge is -2.10. The highest BCUT2D eigenvalue weighted by Gasteiger charge is 2.05. The Balaban J connectivity index is 2.23. The van der Waals surface area contributed by atoms with Crippen molar-refractivity contribution in [1.82, 2.24) is 0 Å². The van der Waals surface area contributed by atoms with Crippen molar-refractivity contribution in [3.8, 4) is 0 Å². The first kappa shape index (κ1) is 13.6. The van der Waals surface area contributed by atoms with E-state index in [-0.39, 0.29) is 6.10 Å². The number of aliphatic hydroxyl groups excluding tert-OH is 1. The standard InChI is InChI=1S/C13H20O2S/c1-3-7-15-9-12(14)10-16-13-6-4-5-11(2)8-13/h4-6,8,12,14H,3,7,9-10H2,1-2H3. The molecule has 0 fully saturated rings. The van der Waals surface area contributed by atoms with Crippen LogP contribution in [0, 0.1) is 6.92 Å². The van der Waals surface area contributed by atoms with Crippen molar-refractivity contribution in [2.45, 2.75) is 31.3 Å². The van der Waals surface area contributed by atoms with Crippen LogP contribution in [0.1, 0.15) is 18.9 Å². The van der Waals surface area contributed by atoms with E-state index in [1.54, 1.807) is 11.8 Å². The summed E-state index contributed by atoms with van der Waals surface area (Å²) < 4.78 is 5.29. The average Bonchev–Trinajstić information content (AvgIpc) is 2.27. The van der Waals surface area contributed by atoms with Gasteiger partial charge in [0.15, 0.2) is 0 Å². The van der Waals surface area contributed by atoms with Gasteiger partial charge < -0.3 is 9.84 Å². The number of ether oxygens (including phenoxy) is 1. The monoisotopic (exact) mass is 240 g/mol. The van der Waals surface area contributed by atoms with E-state index >= 15 is 0 Å². The molecule has 2 nitrogen and oxygen atoms in total. The van der Waals surface area contributed by atoms with Crippen LogP contribution < -0.4 is 0 Å². The van der Waals surface area contributed by atoms with Gasteiger partial charge in [-0.25, -0.2) is 0 Å². The number of aliphatic hydroxyl groups is 1. The minimum absolute atomic E-state index is 0.378. The van der Waals surface area contributed by atoms with Crippen molar-refractivity contribution in [1.29, 1.82) is 0 Å². The zero-order valence-corrected chi connectivity index (χ0v) is 10.8. The molecule has 0 bridgehead atoms.